The molecule has 1 saturated heterocycles. The van der Waals surface area contributed by atoms with E-state index in [9.17, 15) is 14.7 Å². The zero-order valence-electron chi connectivity index (χ0n) is 19.9. The smallest absolute Gasteiger partial charge is 0.295 e. The number of unbranched alkanes of at least 4 members (excludes halogenated alkanes) is 1. The predicted molar refractivity (Wildman–Crippen MR) is 128 cm³/mol. The van der Waals surface area contributed by atoms with Gasteiger partial charge in [0.1, 0.15) is 11.5 Å². The number of aryl methyl sites for hydroxylation is 2. The van der Waals surface area contributed by atoms with Gasteiger partial charge in [-0.2, -0.15) is 0 Å². The van der Waals surface area contributed by atoms with Gasteiger partial charge in [0.25, 0.3) is 11.7 Å². The topological polar surface area (TPSA) is 76.1 Å². The lowest BCUT2D eigenvalue weighted by molar-refractivity contribution is -0.140. The first kappa shape index (κ1) is 24.5. The number of aliphatic hydroxyl groups is 1. The van der Waals surface area contributed by atoms with Crippen LogP contribution in [0.25, 0.3) is 5.76 Å². The van der Waals surface area contributed by atoms with E-state index in [2.05, 4.69) is 6.92 Å². The standard InChI is InChI=1S/C27H33NO5/c1-5-6-16-33-22-13-12-21(17-19(22)3)25(29)23-24(20-10-8-18(2)9-11-20)28(14-7-15-32-4)27(31)26(23)30/h8-13,17,24,29H,5-7,14-16H2,1-4H3/b25-23+. The van der Waals surface area contributed by atoms with E-state index in [1.54, 1.807) is 25.3 Å². The minimum atomic E-state index is -0.670. The number of carbonyl (C=O) groups excluding carboxylic acids is 2. The van der Waals surface area contributed by atoms with Crippen molar-refractivity contribution in [3.8, 4) is 5.75 Å². The molecule has 2 aromatic carbocycles. The quantitative estimate of drug-likeness (QED) is 0.240. The lowest BCUT2D eigenvalue weighted by Crippen LogP contribution is -2.31. The molecule has 0 spiro atoms. The van der Waals surface area contributed by atoms with Gasteiger partial charge >= 0.3 is 0 Å². The molecule has 176 valence electrons. The summed E-state index contributed by atoms with van der Waals surface area (Å²) in [5, 5.41) is 11.2. The maximum atomic E-state index is 13.1. The number of carbonyl (C=O) groups is 2. The van der Waals surface area contributed by atoms with Crippen molar-refractivity contribution in [3.05, 3.63) is 70.3 Å². The third-order valence-corrected chi connectivity index (χ3v) is 5.88. The Labute approximate surface area is 195 Å². The van der Waals surface area contributed by atoms with E-state index in [0.29, 0.717) is 31.7 Å². The summed E-state index contributed by atoms with van der Waals surface area (Å²) >= 11 is 0. The van der Waals surface area contributed by atoms with Crippen molar-refractivity contribution in [2.45, 2.75) is 46.1 Å². The Morgan fingerprint density at radius 3 is 2.39 bits per heavy atom. The van der Waals surface area contributed by atoms with Crippen LogP contribution in [0.4, 0.5) is 0 Å². The molecule has 6 heteroatoms. The molecule has 2 aromatic rings. The van der Waals surface area contributed by atoms with E-state index in [0.717, 1.165) is 35.3 Å². The van der Waals surface area contributed by atoms with Crippen LogP contribution in [0, 0.1) is 13.8 Å². The van der Waals surface area contributed by atoms with Gasteiger partial charge in [-0.3, -0.25) is 9.59 Å². The van der Waals surface area contributed by atoms with Gasteiger partial charge in [0, 0.05) is 25.8 Å². The summed E-state index contributed by atoms with van der Waals surface area (Å²) in [5.74, 6) is -0.697. The molecule has 0 bridgehead atoms. The van der Waals surface area contributed by atoms with E-state index in [1.165, 1.54) is 4.90 Å². The van der Waals surface area contributed by atoms with Crippen molar-refractivity contribution in [3.63, 3.8) is 0 Å². The zero-order chi connectivity index (χ0) is 24.0. The largest absolute Gasteiger partial charge is 0.507 e. The van der Waals surface area contributed by atoms with Crippen molar-refractivity contribution < 1.29 is 24.2 Å². The van der Waals surface area contributed by atoms with Crippen molar-refractivity contribution in [2.75, 3.05) is 26.9 Å². The first-order chi connectivity index (χ1) is 15.9. The van der Waals surface area contributed by atoms with Crippen LogP contribution >= 0.6 is 0 Å². The van der Waals surface area contributed by atoms with Gasteiger partial charge in [-0.25, -0.2) is 0 Å². The normalized spacial score (nSPS) is 17.6. The lowest BCUT2D eigenvalue weighted by Gasteiger charge is -2.25. The second kappa shape index (κ2) is 11.1. The number of hydrogen-bond acceptors (Lipinski definition) is 5. The number of methoxy groups -OCH3 is 1. The summed E-state index contributed by atoms with van der Waals surface area (Å²) in [6, 6.07) is 12.4. The van der Waals surface area contributed by atoms with Crippen molar-refractivity contribution in [1.29, 1.82) is 0 Å². The summed E-state index contributed by atoms with van der Waals surface area (Å²) in [5.41, 5.74) is 3.32. The molecule has 1 unspecified atom stereocenters. The van der Waals surface area contributed by atoms with Gasteiger partial charge in [-0.05, 0) is 56.0 Å². The SMILES string of the molecule is CCCCOc1ccc(/C(O)=C2\C(=O)C(=O)N(CCCOC)C2c2ccc(C)cc2)cc1C. The van der Waals surface area contributed by atoms with Gasteiger partial charge in [0.15, 0.2) is 0 Å². The molecule has 1 fully saturated rings. The highest BCUT2D eigenvalue weighted by molar-refractivity contribution is 6.46. The van der Waals surface area contributed by atoms with Crippen LogP contribution in [0.2, 0.25) is 0 Å². The highest BCUT2D eigenvalue weighted by atomic mass is 16.5. The van der Waals surface area contributed by atoms with E-state index in [-0.39, 0.29) is 11.3 Å². The minimum absolute atomic E-state index is 0.111. The third kappa shape index (κ3) is 5.45. The molecule has 1 N–H and O–H groups in total. The Bertz CT molecular complexity index is 1030. The molecule has 1 amide bonds. The van der Waals surface area contributed by atoms with Gasteiger partial charge in [-0.1, -0.05) is 43.2 Å². The summed E-state index contributed by atoms with van der Waals surface area (Å²) in [4.78, 5) is 27.5. The molecular formula is C27H33NO5. The van der Waals surface area contributed by atoms with Crippen molar-refractivity contribution in [2.24, 2.45) is 0 Å². The van der Waals surface area contributed by atoms with E-state index in [1.807, 2.05) is 38.1 Å². The molecule has 0 aliphatic carbocycles. The fourth-order valence-corrected chi connectivity index (χ4v) is 4.03. The van der Waals surface area contributed by atoms with Crippen LogP contribution in [-0.2, 0) is 14.3 Å². The third-order valence-electron chi connectivity index (χ3n) is 5.88. The van der Waals surface area contributed by atoms with Crippen LogP contribution < -0.4 is 4.74 Å². The number of ether oxygens (including phenoxy) is 2. The Morgan fingerprint density at radius 1 is 1.03 bits per heavy atom. The molecule has 0 radical (unpaired) electrons. The monoisotopic (exact) mass is 451 g/mol. The fraction of sp³-hybridized carbons (Fsp3) is 0.407. The maximum absolute atomic E-state index is 13.1. The van der Waals surface area contributed by atoms with E-state index >= 15 is 0 Å². The Hall–Kier alpha value is -3.12. The predicted octanol–water partition coefficient (Wildman–Crippen LogP) is 4.94. The summed E-state index contributed by atoms with van der Waals surface area (Å²) < 4.78 is 10.9. The average molecular weight is 452 g/mol. The molecule has 1 atom stereocenters. The van der Waals surface area contributed by atoms with E-state index < -0.39 is 17.7 Å². The minimum Gasteiger partial charge on any atom is -0.507 e. The Balaban J connectivity index is 2.03. The number of ketones is 1. The number of Topliss-reactive ketones (excluding diaryl/α,β-unsaturated/α-hetero) is 1. The fourth-order valence-electron chi connectivity index (χ4n) is 4.03. The number of benzene rings is 2. The van der Waals surface area contributed by atoms with E-state index in [4.69, 9.17) is 9.47 Å². The molecular weight excluding hydrogens is 418 g/mol. The number of hydrogen-bond donors (Lipinski definition) is 1. The van der Waals surface area contributed by atoms with Crippen LogP contribution in [0.15, 0.2) is 48.0 Å². The summed E-state index contributed by atoms with van der Waals surface area (Å²) in [6.07, 6.45) is 2.60. The molecule has 33 heavy (non-hydrogen) atoms. The molecule has 3 rings (SSSR count). The second-order valence-corrected chi connectivity index (χ2v) is 8.43. The average Bonchev–Trinajstić information content (AvgIpc) is 3.05. The first-order valence-corrected chi connectivity index (χ1v) is 11.5. The van der Waals surface area contributed by atoms with Gasteiger partial charge < -0.3 is 19.5 Å². The summed E-state index contributed by atoms with van der Waals surface area (Å²) in [6.45, 7) is 7.44. The van der Waals surface area contributed by atoms with Gasteiger partial charge in [-0.15, -0.1) is 0 Å². The number of likely N-dealkylation sites (tertiary alicyclic amines) is 1. The molecule has 1 aliphatic heterocycles. The van der Waals surface area contributed by atoms with Crippen LogP contribution in [0.1, 0.15) is 54.5 Å². The number of nitrogens with zero attached hydrogens (tertiary/aromatic N) is 1. The Kier molecular flexibility index (Phi) is 8.28. The van der Waals surface area contributed by atoms with Crippen molar-refractivity contribution in [1.82, 2.24) is 4.90 Å². The van der Waals surface area contributed by atoms with Crippen molar-refractivity contribution >= 4 is 17.4 Å². The highest BCUT2D eigenvalue weighted by Gasteiger charge is 2.45. The highest BCUT2D eigenvalue weighted by Crippen LogP contribution is 2.40. The number of aliphatic hydroxyl groups excluding tert-OH is 1. The summed E-state index contributed by atoms with van der Waals surface area (Å²) in [7, 11) is 1.60. The maximum Gasteiger partial charge on any atom is 0.295 e. The van der Waals surface area contributed by atoms with Crippen LogP contribution in [0.3, 0.4) is 0 Å². The molecule has 1 aliphatic rings. The molecule has 0 aromatic heterocycles. The molecule has 6 nitrogen and oxygen atoms in total. The van der Waals surface area contributed by atoms with Crippen LogP contribution in [-0.4, -0.2) is 48.6 Å². The second-order valence-electron chi connectivity index (χ2n) is 8.43. The first-order valence-electron chi connectivity index (χ1n) is 11.5. The van der Waals surface area contributed by atoms with Crippen LogP contribution in [0.5, 0.6) is 5.75 Å². The zero-order valence-corrected chi connectivity index (χ0v) is 19.9. The molecule has 0 saturated carbocycles. The van der Waals surface area contributed by atoms with Gasteiger partial charge in [0.05, 0.1) is 18.2 Å². The lowest BCUT2D eigenvalue weighted by atomic mass is 9.94. The Morgan fingerprint density at radius 2 is 1.76 bits per heavy atom. The number of rotatable bonds is 10. The number of amides is 1. The molecule has 1 heterocycles. The van der Waals surface area contributed by atoms with Gasteiger partial charge in [0.2, 0.25) is 0 Å².